The summed E-state index contributed by atoms with van der Waals surface area (Å²) in [6.45, 7) is 8.51. The van der Waals surface area contributed by atoms with Crippen molar-refractivity contribution in [3.05, 3.63) is 10.6 Å². The van der Waals surface area contributed by atoms with Crippen LogP contribution in [0.4, 0.5) is 0 Å². The van der Waals surface area contributed by atoms with E-state index in [9.17, 15) is 5.11 Å². The number of aliphatic hydroxyl groups is 1. The summed E-state index contributed by atoms with van der Waals surface area (Å²) in [6.07, 6.45) is 3.14. The first-order valence-electron chi connectivity index (χ1n) is 7.06. The first kappa shape index (κ1) is 15.8. The van der Waals surface area contributed by atoms with Gasteiger partial charge in [-0.2, -0.15) is 0 Å². The molecule has 1 aliphatic heterocycles. The second kappa shape index (κ2) is 4.25. The number of epoxide rings is 1. The second-order valence-corrected chi connectivity index (χ2v) is 10.2. The van der Waals surface area contributed by atoms with Gasteiger partial charge in [0.05, 0.1) is 11.0 Å². The third-order valence-corrected chi connectivity index (χ3v) is 9.34. The van der Waals surface area contributed by atoms with Crippen LogP contribution in [0.15, 0.2) is 10.6 Å². The van der Waals surface area contributed by atoms with Crippen molar-refractivity contribution in [3.8, 4) is 0 Å². The van der Waals surface area contributed by atoms with E-state index in [-0.39, 0.29) is 27.4 Å². The van der Waals surface area contributed by atoms with Crippen LogP contribution in [0.2, 0.25) is 0 Å². The predicted molar refractivity (Wildman–Crippen MR) is 88.7 cm³/mol. The number of halogens is 3. The third kappa shape index (κ3) is 1.69. The zero-order chi connectivity index (χ0) is 15.1. The van der Waals surface area contributed by atoms with Gasteiger partial charge in [-0.15, -0.1) is 11.6 Å². The lowest BCUT2D eigenvalue weighted by molar-refractivity contribution is -0.124. The van der Waals surface area contributed by atoms with Crippen molar-refractivity contribution in [2.75, 3.05) is 0 Å². The molecule has 3 aliphatic rings. The van der Waals surface area contributed by atoms with Gasteiger partial charge in [0, 0.05) is 20.1 Å². The van der Waals surface area contributed by atoms with E-state index < -0.39 is 11.0 Å². The minimum Gasteiger partial charge on any atom is -0.392 e. The standard InChI is InChI=1S/C15H21Br2ClO2/c1-12(2)8(16)5-11-14(4,20-11)15(12)6-9(17)13(3,18)7-10(15)19/h5,9-11,19H,6-7H2,1-4H3/t9?,10?,11?,13?,14-,15?/m1/s1. The molecule has 2 fully saturated rings. The van der Waals surface area contributed by atoms with Gasteiger partial charge < -0.3 is 9.84 Å². The molecule has 1 spiro atoms. The summed E-state index contributed by atoms with van der Waals surface area (Å²) in [4.78, 5) is -0.269. The highest BCUT2D eigenvalue weighted by molar-refractivity contribution is 9.11. The van der Waals surface area contributed by atoms with Crippen LogP contribution in [0.3, 0.4) is 0 Å². The molecule has 1 saturated heterocycles. The number of alkyl halides is 2. The number of allylic oxidation sites excluding steroid dienone is 1. The maximum atomic E-state index is 11.0. The average Bonchev–Trinajstić information content (AvgIpc) is 2.94. The van der Waals surface area contributed by atoms with Crippen molar-refractivity contribution in [2.45, 2.75) is 68.0 Å². The van der Waals surface area contributed by atoms with E-state index in [0.717, 1.165) is 10.9 Å². The van der Waals surface area contributed by atoms with Gasteiger partial charge in [-0.3, -0.25) is 0 Å². The number of rotatable bonds is 0. The number of fused-ring (bicyclic) bond motifs is 2. The maximum Gasteiger partial charge on any atom is 0.107 e. The van der Waals surface area contributed by atoms with E-state index in [1.54, 1.807) is 0 Å². The van der Waals surface area contributed by atoms with E-state index in [0.29, 0.717) is 6.42 Å². The first-order valence-corrected chi connectivity index (χ1v) is 9.14. The number of aliphatic hydroxyl groups excluding tert-OH is 1. The molecule has 2 aliphatic carbocycles. The highest BCUT2D eigenvalue weighted by Gasteiger charge is 2.76. The molecule has 1 N–H and O–H groups in total. The van der Waals surface area contributed by atoms with Crippen molar-refractivity contribution in [1.82, 2.24) is 0 Å². The first-order chi connectivity index (χ1) is 8.99. The van der Waals surface area contributed by atoms with Crippen molar-refractivity contribution < 1.29 is 9.84 Å². The fourth-order valence-corrected chi connectivity index (χ4v) is 5.99. The molecule has 5 heteroatoms. The monoisotopic (exact) mass is 426 g/mol. The molecule has 114 valence electrons. The van der Waals surface area contributed by atoms with Crippen molar-refractivity contribution in [2.24, 2.45) is 10.8 Å². The summed E-state index contributed by atoms with van der Waals surface area (Å²) >= 11 is 14.0. The van der Waals surface area contributed by atoms with Crippen molar-refractivity contribution >= 4 is 43.5 Å². The van der Waals surface area contributed by atoms with Crippen LogP contribution >= 0.6 is 43.5 Å². The van der Waals surface area contributed by atoms with Crippen LogP contribution in [-0.2, 0) is 4.74 Å². The molecule has 0 aromatic carbocycles. The minimum absolute atomic E-state index is 0.0962. The van der Waals surface area contributed by atoms with E-state index in [2.05, 4.69) is 58.7 Å². The fourth-order valence-electron chi connectivity index (χ4n) is 4.47. The minimum atomic E-state index is -0.481. The summed E-state index contributed by atoms with van der Waals surface area (Å²) in [7, 11) is 0. The lowest BCUT2D eigenvalue weighted by Crippen LogP contribution is -2.64. The van der Waals surface area contributed by atoms with E-state index in [4.69, 9.17) is 16.3 Å². The molecule has 6 atom stereocenters. The molecule has 1 saturated carbocycles. The predicted octanol–water partition coefficient (Wildman–Crippen LogP) is 4.36. The molecule has 0 amide bonds. The molecular weight excluding hydrogens is 407 g/mol. The fraction of sp³-hybridized carbons (Fsp3) is 0.867. The zero-order valence-corrected chi connectivity index (χ0v) is 16.1. The molecule has 0 radical (unpaired) electrons. The molecule has 1 heterocycles. The van der Waals surface area contributed by atoms with Crippen LogP contribution in [0, 0.1) is 10.8 Å². The van der Waals surface area contributed by atoms with Gasteiger partial charge in [-0.05, 0) is 32.8 Å². The van der Waals surface area contributed by atoms with Crippen LogP contribution in [0.25, 0.3) is 0 Å². The number of hydrogen-bond donors (Lipinski definition) is 1. The highest BCUT2D eigenvalue weighted by atomic mass is 79.9. The lowest BCUT2D eigenvalue weighted by atomic mass is 9.48. The normalized spacial score (nSPS) is 57.2. The van der Waals surface area contributed by atoms with Gasteiger partial charge in [0.15, 0.2) is 0 Å². The average molecular weight is 429 g/mol. The highest BCUT2D eigenvalue weighted by Crippen LogP contribution is 2.71. The Morgan fingerprint density at radius 2 is 1.90 bits per heavy atom. The summed E-state index contributed by atoms with van der Waals surface area (Å²) < 4.78 is 7.15. The molecule has 2 nitrogen and oxygen atoms in total. The van der Waals surface area contributed by atoms with Gasteiger partial charge in [0.25, 0.3) is 0 Å². The van der Waals surface area contributed by atoms with Gasteiger partial charge in [-0.1, -0.05) is 45.7 Å². The van der Waals surface area contributed by atoms with Crippen LogP contribution < -0.4 is 0 Å². The maximum absolute atomic E-state index is 11.0. The Bertz CT molecular complexity index is 490. The summed E-state index contributed by atoms with van der Waals surface area (Å²) in [5, 5.41) is 11.0. The number of hydrogen-bond acceptors (Lipinski definition) is 2. The Balaban J connectivity index is 2.13. The molecule has 5 unspecified atom stereocenters. The largest absolute Gasteiger partial charge is 0.392 e. The van der Waals surface area contributed by atoms with Crippen LogP contribution in [-0.4, -0.2) is 32.6 Å². The Morgan fingerprint density at radius 3 is 2.50 bits per heavy atom. The Morgan fingerprint density at radius 1 is 1.30 bits per heavy atom. The topological polar surface area (TPSA) is 32.8 Å². The molecule has 3 rings (SSSR count). The molecular formula is C15H21Br2ClO2. The van der Waals surface area contributed by atoms with E-state index in [1.807, 2.05) is 6.92 Å². The molecule has 0 aromatic rings. The van der Waals surface area contributed by atoms with E-state index in [1.165, 1.54) is 0 Å². The summed E-state index contributed by atoms with van der Waals surface area (Å²) in [6, 6.07) is 0. The SMILES string of the molecule is CC1(Cl)CC(O)C2(CC1Br)C(C)(C)C(Br)=CC1O[C@]12C. The third-order valence-electron chi connectivity index (χ3n) is 6.07. The van der Waals surface area contributed by atoms with Gasteiger partial charge >= 0.3 is 0 Å². The van der Waals surface area contributed by atoms with E-state index >= 15 is 0 Å². The second-order valence-electron chi connectivity index (χ2n) is 7.43. The molecule has 20 heavy (non-hydrogen) atoms. The van der Waals surface area contributed by atoms with Gasteiger partial charge in [0.2, 0.25) is 0 Å². The van der Waals surface area contributed by atoms with Crippen molar-refractivity contribution in [1.29, 1.82) is 0 Å². The zero-order valence-electron chi connectivity index (χ0n) is 12.2. The summed E-state index contributed by atoms with van der Waals surface area (Å²) in [5.41, 5.74) is -0.818. The van der Waals surface area contributed by atoms with Crippen LogP contribution in [0.5, 0.6) is 0 Å². The van der Waals surface area contributed by atoms with Gasteiger partial charge in [0.1, 0.15) is 11.7 Å². The van der Waals surface area contributed by atoms with Gasteiger partial charge in [-0.25, -0.2) is 0 Å². The lowest BCUT2D eigenvalue weighted by Gasteiger charge is -2.59. The Hall–Kier alpha value is 0.910. The smallest absolute Gasteiger partial charge is 0.107 e. The quantitative estimate of drug-likeness (QED) is 0.459. The Labute approximate surface area is 142 Å². The Kier molecular flexibility index (Phi) is 3.36. The number of ether oxygens (including phenoxy) is 1. The molecule has 0 bridgehead atoms. The summed E-state index contributed by atoms with van der Waals surface area (Å²) in [5.74, 6) is 0. The van der Waals surface area contributed by atoms with Crippen LogP contribution in [0.1, 0.15) is 40.5 Å². The van der Waals surface area contributed by atoms with Crippen molar-refractivity contribution in [3.63, 3.8) is 0 Å². The molecule has 0 aromatic heterocycles.